The van der Waals surface area contributed by atoms with Crippen LogP contribution in [0.25, 0.3) is 0 Å². The Morgan fingerprint density at radius 1 is 1.37 bits per heavy atom. The fourth-order valence-electron chi connectivity index (χ4n) is 1.93. The lowest BCUT2D eigenvalue weighted by atomic mass is 10.1. The average molecular weight is 257 g/mol. The highest BCUT2D eigenvalue weighted by atomic mass is 16.6. The number of para-hydroxylation sites is 1. The second-order valence-electron chi connectivity index (χ2n) is 4.24. The van der Waals surface area contributed by atoms with Crippen molar-refractivity contribution in [3.63, 3.8) is 0 Å². The summed E-state index contributed by atoms with van der Waals surface area (Å²) in [5.74, 6) is 0.484. The van der Waals surface area contributed by atoms with Gasteiger partial charge in [0.25, 0.3) is 5.69 Å². The van der Waals surface area contributed by atoms with Gasteiger partial charge in [-0.25, -0.2) is 4.98 Å². The molecule has 1 N–H and O–H groups in total. The zero-order valence-electron chi connectivity index (χ0n) is 10.9. The summed E-state index contributed by atoms with van der Waals surface area (Å²) in [5, 5.41) is 13.9. The molecule has 98 valence electrons. The molecule has 0 fully saturated rings. The highest BCUT2D eigenvalue weighted by Crippen LogP contribution is 2.25. The molecule has 0 radical (unpaired) electrons. The van der Waals surface area contributed by atoms with Crippen LogP contribution in [-0.4, -0.2) is 9.91 Å². The molecule has 1 heterocycles. The minimum Gasteiger partial charge on any atom is -0.340 e. The SMILES string of the molecule is CCc1cccc(C)c1Nc1cc([N+](=O)[O-])ccn1. The van der Waals surface area contributed by atoms with Crippen LogP contribution in [0.15, 0.2) is 36.5 Å². The Balaban J connectivity index is 2.36. The number of aryl methyl sites for hydroxylation is 2. The van der Waals surface area contributed by atoms with Gasteiger partial charge in [-0.15, -0.1) is 0 Å². The molecule has 1 aromatic carbocycles. The molecule has 19 heavy (non-hydrogen) atoms. The maximum atomic E-state index is 10.7. The van der Waals surface area contributed by atoms with Crippen LogP contribution in [0.1, 0.15) is 18.1 Å². The molecule has 0 aliphatic heterocycles. The van der Waals surface area contributed by atoms with Gasteiger partial charge < -0.3 is 5.32 Å². The number of pyridine rings is 1. The molecule has 2 aromatic rings. The summed E-state index contributed by atoms with van der Waals surface area (Å²) in [6.45, 7) is 4.07. The van der Waals surface area contributed by atoms with E-state index in [2.05, 4.69) is 17.2 Å². The lowest BCUT2D eigenvalue weighted by molar-refractivity contribution is -0.384. The van der Waals surface area contributed by atoms with E-state index in [9.17, 15) is 10.1 Å². The largest absolute Gasteiger partial charge is 0.340 e. The van der Waals surface area contributed by atoms with Gasteiger partial charge in [0.05, 0.1) is 11.0 Å². The fourth-order valence-corrected chi connectivity index (χ4v) is 1.93. The number of nitrogens with one attached hydrogen (secondary N) is 1. The van der Waals surface area contributed by atoms with Gasteiger partial charge in [-0.3, -0.25) is 10.1 Å². The normalized spacial score (nSPS) is 10.2. The van der Waals surface area contributed by atoms with E-state index < -0.39 is 4.92 Å². The first-order valence-electron chi connectivity index (χ1n) is 6.07. The van der Waals surface area contributed by atoms with Crippen LogP contribution < -0.4 is 5.32 Å². The van der Waals surface area contributed by atoms with Crippen molar-refractivity contribution >= 4 is 17.2 Å². The van der Waals surface area contributed by atoms with Gasteiger partial charge in [0.15, 0.2) is 0 Å². The third-order valence-corrected chi connectivity index (χ3v) is 2.95. The second-order valence-corrected chi connectivity index (χ2v) is 4.24. The first kappa shape index (κ1) is 13.0. The molecule has 0 atom stereocenters. The second kappa shape index (κ2) is 5.48. The minimum absolute atomic E-state index is 0.0316. The number of aromatic nitrogens is 1. The summed E-state index contributed by atoms with van der Waals surface area (Å²) in [5.41, 5.74) is 3.25. The van der Waals surface area contributed by atoms with Gasteiger partial charge in [0.2, 0.25) is 0 Å². The van der Waals surface area contributed by atoms with Crippen molar-refractivity contribution in [2.24, 2.45) is 0 Å². The van der Waals surface area contributed by atoms with E-state index in [0.29, 0.717) is 5.82 Å². The summed E-state index contributed by atoms with van der Waals surface area (Å²) in [7, 11) is 0. The highest BCUT2D eigenvalue weighted by Gasteiger charge is 2.09. The molecular weight excluding hydrogens is 242 g/mol. The average Bonchev–Trinajstić information content (AvgIpc) is 2.41. The third-order valence-electron chi connectivity index (χ3n) is 2.95. The molecule has 0 unspecified atom stereocenters. The molecule has 0 aliphatic carbocycles. The lowest BCUT2D eigenvalue weighted by Crippen LogP contribution is -2.00. The Kier molecular flexibility index (Phi) is 3.75. The summed E-state index contributed by atoms with van der Waals surface area (Å²) >= 11 is 0. The monoisotopic (exact) mass is 257 g/mol. The van der Waals surface area contributed by atoms with Crippen molar-refractivity contribution in [1.82, 2.24) is 4.98 Å². The van der Waals surface area contributed by atoms with Crippen LogP contribution in [0, 0.1) is 17.0 Å². The molecular formula is C14H15N3O2. The van der Waals surface area contributed by atoms with E-state index in [1.165, 1.54) is 18.3 Å². The predicted molar refractivity (Wildman–Crippen MR) is 74.7 cm³/mol. The van der Waals surface area contributed by atoms with Crippen molar-refractivity contribution < 1.29 is 4.92 Å². The van der Waals surface area contributed by atoms with Gasteiger partial charge in [0, 0.05) is 18.0 Å². The molecule has 5 heteroatoms. The zero-order valence-corrected chi connectivity index (χ0v) is 10.9. The Labute approximate surface area is 111 Å². The lowest BCUT2D eigenvalue weighted by Gasteiger charge is -2.13. The van der Waals surface area contributed by atoms with E-state index in [-0.39, 0.29) is 5.69 Å². The van der Waals surface area contributed by atoms with E-state index >= 15 is 0 Å². The van der Waals surface area contributed by atoms with Crippen LogP contribution in [0.4, 0.5) is 17.2 Å². The van der Waals surface area contributed by atoms with E-state index in [1.54, 1.807) is 0 Å². The molecule has 5 nitrogen and oxygen atoms in total. The summed E-state index contributed by atoms with van der Waals surface area (Å²) in [4.78, 5) is 14.4. The van der Waals surface area contributed by atoms with E-state index in [4.69, 9.17) is 0 Å². The molecule has 0 spiro atoms. The molecule has 0 amide bonds. The van der Waals surface area contributed by atoms with Crippen LogP contribution >= 0.6 is 0 Å². The molecule has 0 bridgehead atoms. The molecule has 0 saturated heterocycles. The van der Waals surface area contributed by atoms with E-state index in [0.717, 1.165) is 23.2 Å². The smallest absolute Gasteiger partial charge is 0.274 e. The van der Waals surface area contributed by atoms with Crippen LogP contribution in [0.3, 0.4) is 0 Å². The number of nitrogens with zero attached hydrogens (tertiary/aromatic N) is 2. The minimum atomic E-state index is -0.425. The molecule has 1 aromatic heterocycles. The first-order chi connectivity index (χ1) is 9.11. The van der Waals surface area contributed by atoms with Crippen molar-refractivity contribution in [1.29, 1.82) is 0 Å². The van der Waals surface area contributed by atoms with Crippen LogP contribution in [-0.2, 0) is 6.42 Å². The number of hydrogen-bond donors (Lipinski definition) is 1. The number of anilines is 2. The maximum Gasteiger partial charge on any atom is 0.274 e. The van der Waals surface area contributed by atoms with Crippen molar-refractivity contribution in [3.8, 4) is 0 Å². The number of nitro groups is 1. The maximum absolute atomic E-state index is 10.7. The molecule has 2 rings (SSSR count). The summed E-state index contributed by atoms with van der Waals surface area (Å²) < 4.78 is 0. The Morgan fingerprint density at radius 2 is 2.16 bits per heavy atom. The number of rotatable bonds is 4. The molecule has 0 saturated carbocycles. The molecule has 0 aliphatic rings. The number of benzene rings is 1. The Bertz CT molecular complexity index is 611. The Hall–Kier alpha value is -2.43. The summed E-state index contributed by atoms with van der Waals surface area (Å²) in [6, 6.07) is 8.85. The van der Waals surface area contributed by atoms with Crippen molar-refractivity contribution in [2.45, 2.75) is 20.3 Å². The topological polar surface area (TPSA) is 68.1 Å². The Morgan fingerprint density at radius 3 is 2.84 bits per heavy atom. The van der Waals surface area contributed by atoms with Gasteiger partial charge >= 0.3 is 0 Å². The first-order valence-corrected chi connectivity index (χ1v) is 6.07. The third kappa shape index (κ3) is 2.88. The summed E-state index contributed by atoms with van der Waals surface area (Å²) in [6.07, 6.45) is 2.32. The van der Waals surface area contributed by atoms with Crippen molar-refractivity contribution in [3.05, 3.63) is 57.8 Å². The zero-order chi connectivity index (χ0) is 13.8. The van der Waals surface area contributed by atoms with Gasteiger partial charge in [-0.1, -0.05) is 25.1 Å². The highest BCUT2D eigenvalue weighted by molar-refractivity contribution is 5.65. The van der Waals surface area contributed by atoms with Gasteiger partial charge in [-0.2, -0.15) is 0 Å². The van der Waals surface area contributed by atoms with E-state index in [1.807, 2.05) is 25.1 Å². The fraction of sp³-hybridized carbons (Fsp3) is 0.214. The quantitative estimate of drug-likeness (QED) is 0.671. The van der Waals surface area contributed by atoms with Gasteiger partial charge in [-0.05, 0) is 24.5 Å². The van der Waals surface area contributed by atoms with Crippen molar-refractivity contribution in [2.75, 3.05) is 5.32 Å². The van der Waals surface area contributed by atoms with Crippen LogP contribution in [0.2, 0.25) is 0 Å². The van der Waals surface area contributed by atoms with Crippen LogP contribution in [0.5, 0.6) is 0 Å². The van der Waals surface area contributed by atoms with Gasteiger partial charge in [0.1, 0.15) is 5.82 Å². The standard InChI is InChI=1S/C14H15N3O2/c1-3-11-6-4-5-10(2)14(11)16-13-9-12(17(18)19)7-8-15-13/h4-9H,3H2,1-2H3,(H,15,16). The number of hydrogen-bond acceptors (Lipinski definition) is 4. The predicted octanol–water partition coefficient (Wildman–Crippen LogP) is 3.60.